The van der Waals surface area contributed by atoms with E-state index < -0.39 is 53.2 Å². The molecule has 0 radical (unpaired) electrons. The van der Waals surface area contributed by atoms with Gasteiger partial charge in [0, 0.05) is 6.54 Å². The quantitative estimate of drug-likeness (QED) is 0.231. The fraction of sp³-hybridized carbons (Fsp3) is 0.667. The summed E-state index contributed by atoms with van der Waals surface area (Å²) in [5.41, 5.74) is -1.19. The van der Waals surface area contributed by atoms with Gasteiger partial charge in [-0.1, -0.05) is 0 Å². The fourth-order valence-electron chi connectivity index (χ4n) is 3.41. The zero-order valence-corrected chi connectivity index (χ0v) is 18.4. The summed E-state index contributed by atoms with van der Waals surface area (Å²) in [5, 5.41) is 28.4. The van der Waals surface area contributed by atoms with Gasteiger partial charge < -0.3 is 30.1 Å². The van der Waals surface area contributed by atoms with E-state index in [1.165, 1.54) is 6.20 Å². The van der Waals surface area contributed by atoms with Gasteiger partial charge in [-0.25, -0.2) is 13.1 Å². The van der Waals surface area contributed by atoms with E-state index in [0.29, 0.717) is 23.7 Å². The van der Waals surface area contributed by atoms with E-state index in [1.54, 1.807) is 0 Å². The van der Waals surface area contributed by atoms with Crippen molar-refractivity contribution < 1.29 is 37.7 Å². The van der Waals surface area contributed by atoms with Crippen LogP contribution in [-0.4, -0.2) is 84.3 Å². The highest BCUT2D eigenvalue weighted by molar-refractivity contribution is 7.97. The fourth-order valence-corrected chi connectivity index (χ4v) is 6.82. The predicted molar refractivity (Wildman–Crippen MR) is 108 cm³/mol. The number of halogens is 1. The zero-order valence-electron chi connectivity index (χ0n) is 15.9. The number of rotatable bonds is 8. The monoisotopic (exact) mass is 497 g/mol. The van der Waals surface area contributed by atoms with E-state index in [0.717, 1.165) is 17.5 Å². The second-order valence-corrected chi connectivity index (χ2v) is 12.3. The average Bonchev–Trinajstić information content (AvgIpc) is 3.32. The summed E-state index contributed by atoms with van der Waals surface area (Å²) in [6, 6.07) is 0. The number of aliphatic hydroxyl groups is 2. The molecule has 1 saturated carbocycles. The smallest absolute Gasteiger partial charge is 0.340 e. The molecular formula is C15H21ClN5O8PS. The number of ether oxygens (including phenoxy) is 1. The van der Waals surface area contributed by atoms with Gasteiger partial charge in [-0.15, -0.1) is 0 Å². The Labute approximate surface area is 181 Å². The van der Waals surface area contributed by atoms with Crippen molar-refractivity contribution in [1.82, 2.24) is 19.7 Å². The lowest BCUT2D eigenvalue weighted by Crippen LogP contribution is -2.36. The van der Waals surface area contributed by atoms with Crippen molar-refractivity contribution in [3.63, 3.8) is 0 Å². The van der Waals surface area contributed by atoms with Crippen molar-refractivity contribution >= 4 is 45.9 Å². The third-order valence-corrected chi connectivity index (χ3v) is 8.97. The minimum atomic E-state index is -4.84. The number of hydrogen-bond acceptors (Lipinski definition) is 10. The molecule has 0 aromatic carbocycles. The normalized spacial score (nSPS) is 27.1. The highest BCUT2D eigenvalue weighted by atomic mass is 35.5. The molecule has 4 rings (SSSR count). The van der Waals surface area contributed by atoms with Crippen molar-refractivity contribution in [2.45, 2.75) is 37.4 Å². The van der Waals surface area contributed by atoms with Crippen LogP contribution >= 0.6 is 19.2 Å². The van der Waals surface area contributed by atoms with Crippen molar-refractivity contribution in [2.24, 2.45) is 5.92 Å². The summed E-state index contributed by atoms with van der Waals surface area (Å²) < 4.78 is 41.8. The first-order valence-electron chi connectivity index (χ1n) is 9.35. The topological polar surface area (TPSA) is 197 Å². The van der Waals surface area contributed by atoms with Crippen LogP contribution in [0.25, 0.3) is 11.0 Å². The molecule has 2 aromatic heterocycles. The molecule has 172 valence electrons. The second kappa shape index (κ2) is 8.19. The number of sulfone groups is 1. The Hall–Kier alpha value is -1.38. The lowest BCUT2D eigenvalue weighted by Gasteiger charge is -2.16. The first-order valence-corrected chi connectivity index (χ1v) is 13.3. The standard InChI is InChI=1S/C15H21ClN5O8PS/c16-15-19-12(17-3-7-1-2-7)8-4-18-21(13(8)20-15)14-11(23)10(22)9(29-14)5-31(27,28)6-30(24,25)26/h4,7,9-11,14,22-23H,1-3,5-6H2,(H,17,19,20)(H2,24,25,26)/t9-,10-,11-,14-/m1/s1. The van der Waals surface area contributed by atoms with Crippen LogP contribution in [0.1, 0.15) is 19.1 Å². The van der Waals surface area contributed by atoms with Gasteiger partial charge in [-0.05, 0) is 30.4 Å². The molecule has 31 heavy (non-hydrogen) atoms. The molecular weight excluding hydrogens is 477 g/mol. The predicted octanol–water partition coefficient (Wildman–Crippen LogP) is -0.529. The minimum Gasteiger partial charge on any atom is -0.387 e. The number of aliphatic hydroxyl groups excluding tert-OH is 2. The van der Waals surface area contributed by atoms with Gasteiger partial charge in [-0.2, -0.15) is 15.1 Å². The maximum Gasteiger partial charge on any atom is 0.340 e. The maximum atomic E-state index is 12.0. The van der Waals surface area contributed by atoms with Crippen LogP contribution < -0.4 is 5.32 Å². The lowest BCUT2D eigenvalue weighted by molar-refractivity contribution is -0.0364. The lowest BCUT2D eigenvalue weighted by atomic mass is 10.1. The molecule has 1 saturated heterocycles. The van der Waals surface area contributed by atoms with Crippen LogP contribution in [0.5, 0.6) is 0 Å². The number of anilines is 1. The molecule has 0 bridgehead atoms. The van der Waals surface area contributed by atoms with E-state index >= 15 is 0 Å². The molecule has 5 N–H and O–H groups in total. The summed E-state index contributed by atoms with van der Waals surface area (Å²) in [5.74, 6) is 0.113. The largest absolute Gasteiger partial charge is 0.387 e. The molecule has 0 amide bonds. The molecule has 3 heterocycles. The number of nitrogens with one attached hydrogen (secondary N) is 1. The summed E-state index contributed by atoms with van der Waals surface area (Å²) in [6.07, 6.45) is -2.26. The molecule has 2 aliphatic rings. The molecule has 0 spiro atoms. The van der Waals surface area contributed by atoms with Crippen molar-refractivity contribution in [2.75, 3.05) is 23.1 Å². The van der Waals surface area contributed by atoms with Crippen LogP contribution in [-0.2, 0) is 19.1 Å². The third kappa shape index (κ3) is 5.17. The number of aromatic nitrogens is 4. The van der Waals surface area contributed by atoms with E-state index in [-0.39, 0.29) is 10.9 Å². The molecule has 13 nitrogen and oxygen atoms in total. The summed E-state index contributed by atoms with van der Waals surface area (Å²) in [7, 11) is -9.12. The van der Waals surface area contributed by atoms with Crippen molar-refractivity contribution in [3.8, 4) is 0 Å². The van der Waals surface area contributed by atoms with Crippen LogP contribution in [0, 0.1) is 5.92 Å². The third-order valence-electron chi connectivity index (χ3n) is 5.04. The maximum absolute atomic E-state index is 12.0. The van der Waals surface area contributed by atoms with Gasteiger partial charge in [0.05, 0.1) is 17.3 Å². The first kappa shape index (κ1) is 22.8. The number of nitrogens with zero attached hydrogens (tertiary/aromatic N) is 4. The molecule has 1 aliphatic carbocycles. The molecule has 2 aromatic rings. The van der Waals surface area contributed by atoms with Crippen molar-refractivity contribution in [3.05, 3.63) is 11.5 Å². The second-order valence-electron chi connectivity index (χ2n) is 7.74. The summed E-state index contributed by atoms with van der Waals surface area (Å²) >= 11 is 6.02. The Morgan fingerprint density at radius 1 is 1.26 bits per heavy atom. The van der Waals surface area contributed by atoms with Crippen LogP contribution in [0.15, 0.2) is 6.20 Å². The molecule has 4 atom stereocenters. The Bertz CT molecular complexity index is 1140. The van der Waals surface area contributed by atoms with E-state index in [2.05, 4.69) is 20.4 Å². The van der Waals surface area contributed by atoms with Gasteiger partial charge in [0.2, 0.25) is 5.28 Å². The van der Waals surface area contributed by atoms with Gasteiger partial charge in [-0.3, -0.25) is 4.57 Å². The molecule has 1 aliphatic heterocycles. The Morgan fingerprint density at radius 2 is 1.97 bits per heavy atom. The van der Waals surface area contributed by atoms with Crippen LogP contribution in [0.4, 0.5) is 5.82 Å². The van der Waals surface area contributed by atoms with Gasteiger partial charge in [0.15, 0.2) is 27.2 Å². The van der Waals surface area contributed by atoms with Gasteiger partial charge >= 0.3 is 7.60 Å². The molecule has 2 fully saturated rings. The Morgan fingerprint density at radius 3 is 2.61 bits per heavy atom. The number of hydrogen-bond donors (Lipinski definition) is 5. The van der Waals surface area contributed by atoms with Gasteiger partial charge in [0.25, 0.3) is 0 Å². The van der Waals surface area contributed by atoms with Crippen LogP contribution in [0.2, 0.25) is 5.28 Å². The zero-order chi connectivity index (χ0) is 22.6. The highest BCUT2D eigenvalue weighted by Gasteiger charge is 2.47. The minimum absolute atomic E-state index is 0.0821. The molecule has 16 heteroatoms. The average molecular weight is 498 g/mol. The first-order chi connectivity index (χ1) is 14.4. The Balaban J connectivity index is 1.58. The van der Waals surface area contributed by atoms with E-state index in [1.807, 2.05) is 0 Å². The SMILES string of the molecule is O=P(O)(O)CS(=O)(=O)C[C@H]1O[C@@H](n2ncc3c(NCC4CC4)nc(Cl)nc32)[C@H](O)[C@@H]1O. The van der Waals surface area contributed by atoms with E-state index in [9.17, 15) is 23.2 Å². The highest BCUT2D eigenvalue weighted by Crippen LogP contribution is 2.38. The van der Waals surface area contributed by atoms with Gasteiger partial charge in [0.1, 0.15) is 24.1 Å². The van der Waals surface area contributed by atoms with E-state index in [4.69, 9.17) is 26.1 Å². The van der Waals surface area contributed by atoms with Crippen LogP contribution in [0.3, 0.4) is 0 Å². The number of fused-ring (bicyclic) bond motifs is 1. The summed E-state index contributed by atoms with van der Waals surface area (Å²) in [4.78, 5) is 26.1. The molecule has 0 unspecified atom stereocenters. The summed E-state index contributed by atoms with van der Waals surface area (Å²) in [6.45, 7) is 0.703. The van der Waals surface area contributed by atoms with Crippen molar-refractivity contribution in [1.29, 1.82) is 0 Å². The Kier molecular flexibility index (Phi) is 6.03.